The molecule has 35 heavy (non-hydrogen) atoms. The Morgan fingerprint density at radius 2 is 1.60 bits per heavy atom. The van der Waals surface area contributed by atoms with E-state index in [9.17, 15) is 4.79 Å². The van der Waals surface area contributed by atoms with E-state index in [-0.39, 0.29) is 11.9 Å². The third-order valence-electron chi connectivity index (χ3n) is 7.39. The standard InChI is InChI=1S/C31H31N3O/c1-2-11-27-28(29(23-13-5-3-6-14-23)32-34(27)25-15-7-4-8-16-25)31(35)33-21-20-22-12-9-10-17-26(22)30(33)24-18-19-24/h3-10,12-17,24,30H,2,11,18-21H2,1H3. The lowest BCUT2D eigenvalue weighted by Gasteiger charge is -2.38. The molecule has 1 unspecified atom stereocenters. The number of carbonyl (C=O) groups is 1. The first kappa shape index (κ1) is 21.8. The molecule has 4 heteroatoms. The minimum Gasteiger partial charge on any atom is -0.331 e. The van der Waals surface area contributed by atoms with E-state index in [1.54, 1.807) is 0 Å². The number of hydrogen-bond acceptors (Lipinski definition) is 2. The molecule has 2 aliphatic rings. The maximum Gasteiger partial charge on any atom is 0.258 e. The Hall–Kier alpha value is -3.66. The Kier molecular flexibility index (Phi) is 5.73. The Labute approximate surface area is 207 Å². The molecule has 1 saturated carbocycles. The summed E-state index contributed by atoms with van der Waals surface area (Å²) in [5.74, 6) is 0.681. The van der Waals surface area contributed by atoms with Crippen molar-refractivity contribution in [2.24, 2.45) is 5.92 Å². The molecule has 176 valence electrons. The molecule has 0 spiro atoms. The highest BCUT2D eigenvalue weighted by atomic mass is 16.2. The zero-order valence-electron chi connectivity index (χ0n) is 20.2. The van der Waals surface area contributed by atoms with Gasteiger partial charge in [0.15, 0.2) is 0 Å². The van der Waals surface area contributed by atoms with Crippen LogP contribution in [0.25, 0.3) is 16.9 Å². The van der Waals surface area contributed by atoms with Crippen LogP contribution in [-0.2, 0) is 12.8 Å². The number of aromatic nitrogens is 2. The van der Waals surface area contributed by atoms with Crippen LogP contribution in [0, 0.1) is 5.92 Å². The molecule has 0 N–H and O–H groups in total. The minimum atomic E-state index is 0.126. The third-order valence-corrected chi connectivity index (χ3v) is 7.39. The summed E-state index contributed by atoms with van der Waals surface area (Å²) in [5.41, 5.74) is 7.28. The number of nitrogens with zero attached hydrogens (tertiary/aromatic N) is 3. The van der Waals surface area contributed by atoms with Crippen LogP contribution in [0.3, 0.4) is 0 Å². The van der Waals surface area contributed by atoms with Crippen molar-refractivity contribution >= 4 is 5.91 Å². The van der Waals surface area contributed by atoms with E-state index in [2.05, 4.69) is 60.4 Å². The normalized spacial score (nSPS) is 17.3. The summed E-state index contributed by atoms with van der Waals surface area (Å²) in [4.78, 5) is 16.7. The van der Waals surface area contributed by atoms with E-state index in [1.165, 1.54) is 24.0 Å². The van der Waals surface area contributed by atoms with Gasteiger partial charge in [0, 0.05) is 12.1 Å². The Morgan fingerprint density at radius 1 is 0.914 bits per heavy atom. The van der Waals surface area contributed by atoms with Crippen LogP contribution in [-0.4, -0.2) is 27.1 Å². The van der Waals surface area contributed by atoms with Gasteiger partial charge in [-0.05, 0) is 54.9 Å². The van der Waals surface area contributed by atoms with E-state index in [4.69, 9.17) is 5.10 Å². The number of hydrogen-bond donors (Lipinski definition) is 0. The van der Waals surface area contributed by atoms with Crippen molar-refractivity contribution in [3.63, 3.8) is 0 Å². The highest BCUT2D eigenvalue weighted by Gasteiger charge is 2.43. The molecule has 0 bridgehead atoms. The molecule has 4 aromatic rings. The van der Waals surface area contributed by atoms with Gasteiger partial charge in [-0.15, -0.1) is 0 Å². The van der Waals surface area contributed by atoms with Gasteiger partial charge in [0.25, 0.3) is 5.91 Å². The van der Waals surface area contributed by atoms with Crippen molar-refractivity contribution in [2.75, 3.05) is 6.54 Å². The summed E-state index contributed by atoms with van der Waals surface area (Å²) in [6, 6.07) is 29.3. The Balaban J connectivity index is 1.52. The van der Waals surface area contributed by atoms with E-state index in [1.807, 2.05) is 41.1 Å². The number of rotatable bonds is 6. The van der Waals surface area contributed by atoms with Crippen molar-refractivity contribution < 1.29 is 4.79 Å². The first-order valence-corrected chi connectivity index (χ1v) is 12.9. The fourth-order valence-corrected chi connectivity index (χ4v) is 5.62. The highest BCUT2D eigenvalue weighted by molar-refractivity contribution is 6.02. The van der Waals surface area contributed by atoms with Gasteiger partial charge in [-0.2, -0.15) is 5.10 Å². The molecule has 4 nitrogen and oxygen atoms in total. The fourth-order valence-electron chi connectivity index (χ4n) is 5.62. The molecule has 1 fully saturated rings. The molecule has 6 rings (SSSR count). The lowest BCUT2D eigenvalue weighted by Crippen LogP contribution is -2.41. The number of para-hydroxylation sites is 1. The average Bonchev–Trinajstić information content (AvgIpc) is 3.69. The van der Waals surface area contributed by atoms with Gasteiger partial charge in [-0.1, -0.05) is 86.1 Å². The molecule has 0 saturated heterocycles. The maximum absolute atomic E-state index is 14.6. The predicted octanol–water partition coefficient (Wildman–Crippen LogP) is 6.64. The van der Waals surface area contributed by atoms with Crippen molar-refractivity contribution in [3.8, 4) is 16.9 Å². The summed E-state index contributed by atoms with van der Waals surface area (Å²) in [6.07, 6.45) is 5.04. The molecule has 0 radical (unpaired) electrons. The first-order valence-electron chi connectivity index (χ1n) is 12.9. The summed E-state index contributed by atoms with van der Waals surface area (Å²) < 4.78 is 2.00. The van der Waals surface area contributed by atoms with Crippen LogP contribution >= 0.6 is 0 Å². The molecule has 1 aliphatic carbocycles. The third kappa shape index (κ3) is 3.97. The number of fused-ring (bicyclic) bond motifs is 1. The molecule has 1 amide bonds. The fraction of sp³-hybridized carbons (Fsp3) is 0.290. The van der Waals surface area contributed by atoms with E-state index in [0.717, 1.165) is 54.0 Å². The van der Waals surface area contributed by atoms with Crippen LogP contribution in [0.1, 0.15) is 59.4 Å². The lowest BCUT2D eigenvalue weighted by atomic mass is 9.89. The summed E-state index contributed by atoms with van der Waals surface area (Å²) >= 11 is 0. The van der Waals surface area contributed by atoms with Crippen LogP contribution < -0.4 is 0 Å². The van der Waals surface area contributed by atoms with E-state index in [0.29, 0.717) is 5.92 Å². The molecular weight excluding hydrogens is 430 g/mol. The molecule has 1 aromatic heterocycles. The second-order valence-corrected chi connectivity index (χ2v) is 9.76. The van der Waals surface area contributed by atoms with Crippen LogP contribution in [0.2, 0.25) is 0 Å². The van der Waals surface area contributed by atoms with Crippen molar-refractivity contribution in [3.05, 3.63) is 107 Å². The summed E-state index contributed by atoms with van der Waals surface area (Å²) in [7, 11) is 0. The zero-order chi connectivity index (χ0) is 23.8. The largest absolute Gasteiger partial charge is 0.331 e. The monoisotopic (exact) mass is 461 g/mol. The molecular formula is C31H31N3O. The average molecular weight is 462 g/mol. The molecule has 3 aromatic carbocycles. The predicted molar refractivity (Wildman–Crippen MR) is 140 cm³/mol. The Bertz CT molecular complexity index is 1340. The molecule has 2 heterocycles. The van der Waals surface area contributed by atoms with Gasteiger partial charge in [0.1, 0.15) is 5.69 Å². The van der Waals surface area contributed by atoms with Crippen LogP contribution in [0.5, 0.6) is 0 Å². The van der Waals surface area contributed by atoms with Crippen molar-refractivity contribution in [2.45, 2.75) is 45.1 Å². The topological polar surface area (TPSA) is 38.1 Å². The maximum atomic E-state index is 14.6. The lowest BCUT2D eigenvalue weighted by molar-refractivity contribution is 0.0634. The molecule has 1 atom stereocenters. The Morgan fingerprint density at radius 3 is 2.31 bits per heavy atom. The van der Waals surface area contributed by atoms with Gasteiger partial charge < -0.3 is 4.90 Å². The van der Waals surface area contributed by atoms with Gasteiger partial charge in [0.2, 0.25) is 0 Å². The summed E-state index contributed by atoms with van der Waals surface area (Å²) in [6.45, 7) is 2.93. The van der Waals surface area contributed by atoms with Crippen molar-refractivity contribution in [1.82, 2.24) is 14.7 Å². The van der Waals surface area contributed by atoms with Gasteiger partial charge in [-0.3, -0.25) is 4.79 Å². The van der Waals surface area contributed by atoms with Gasteiger partial charge in [0.05, 0.1) is 23.0 Å². The number of benzene rings is 3. The molecule has 1 aliphatic heterocycles. The quantitative estimate of drug-likeness (QED) is 0.323. The zero-order valence-corrected chi connectivity index (χ0v) is 20.2. The number of carbonyl (C=O) groups excluding carboxylic acids is 1. The van der Waals surface area contributed by atoms with Crippen LogP contribution in [0.4, 0.5) is 0 Å². The van der Waals surface area contributed by atoms with Crippen molar-refractivity contribution in [1.29, 1.82) is 0 Å². The van der Waals surface area contributed by atoms with Crippen LogP contribution in [0.15, 0.2) is 84.9 Å². The second-order valence-electron chi connectivity index (χ2n) is 9.76. The SMILES string of the molecule is CCCc1c(C(=O)N2CCc3ccccc3C2C2CC2)c(-c2ccccc2)nn1-c1ccccc1. The van der Waals surface area contributed by atoms with Gasteiger partial charge in [-0.25, -0.2) is 4.68 Å². The first-order chi connectivity index (χ1) is 17.3. The minimum absolute atomic E-state index is 0.126. The van der Waals surface area contributed by atoms with E-state index < -0.39 is 0 Å². The second kappa shape index (κ2) is 9.18. The van der Waals surface area contributed by atoms with Gasteiger partial charge >= 0.3 is 0 Å². The van der Waals surface area contributed by atoms with E-state index >= 15 is 0 Å². The highest BCUT2D eigenvalue weighted by Crippen LogP contribution is 2.48. The smallest absolute Gasteiger partial charge is 0.258 e. The summed E-state index contributed by atoms with van der Waals surface area (Å²) in [5, 5.41) is 5.08. The number of amides is 1.